The van der Waals surface area contributed by atoms with Gasteiger partial charge in [0.05, 0.1) is 31.1 Å². The molecule has 1 fully saturated rings. The minimum Gasteiger partial charge on any atom is -0.497 e. The van der Waals surface area contributed by atoms with Crippen LogP contribution in [0.3, 0.4) is 0 Å². The van der Waals surface area contributed by atoms with Crippen LogP contribution in [-0.4, -0.2) is 58.0 Å². The molecule has 4 heterocycles. The van der Waals surface area contributed by atoms with E-state index in [1.807, 2.05) is 0 Å². The van der Waals surface area contributed by atoms with Crippen LogP contribution in [0.15, 0.2) is 76.4 Å². The van der Waals surface area contributed by atoms with Crippen LogP contribution in [0.25, 0.3) is 0 Å². The molecule has 2 aromatic rings. The number of ether oxygens (including phenoxy) is 1. The fourth-order valence-corrected chi connectivity index (χ4v) is 4.69. The van der Waals surface area contributed by atoms with Crippen molar-refractivity contribution in [3.63, 3.8) is 0 Å². The summed E-state index contributed by atoms with van der Waals surface area (Å²) in [6.45, 7) is 2.26. The van der Waals surface area contributed by atoms with Crippen LogP contribution in [0.1, 0.15) is 35.7 Å². The van der Waals surface area contributed by atoms with E-state index in [4.69, 9.17) is 15.6 Å². The zero-order chi connectivity index (χ0) is 26.0. The summed E-state index contributed by atoms with van der Waals surface area (Å²) in [6, 6.07) is 10.1. The molecule has 3 N–H and O–H groups in total. The van der Waals surface area contributed by atoms with Crippen LogP contribution in [0.4, 0.5) is 5.82 Å². The van der Waals surface area contributed by atoms with Crippen molar-refractivity contribution in [3.05, 3.63) is 77.5 Å². The minimum absolute atomic E-state index is 0.171. The predicted molar refractivity (Wildman–Crippen MR) is 139 cm³/mol. The van der Waals surface area contributed by atoms with E-state index in [0.717, 1.165) is 18.4 Å². The number of nitrogens with two attached hydrogens (primary N) is 1. The molecule has 10 heteroatoms. The van der Waals surface area contributed by atoms with Gasteiger partial charge in [0.2, 0.25) is 5.70 Å². The second kappa shape index (κ2) is 9.81. The van der Waals surface area contributed by atoms with E-state index in [2.05, 4.69) is 27.1 Å². The number of anilines is 1. The van der Waals surface area contributed by atoms with E-state index in [-0.39, 0.29) is 22.4 Å². The van der Waals surface area contributed by atoms with Crippen molar-refractivity contribution in [2.45, 2.75) is 25.8 Å². The van der Waals surface area contributed by atoms with E-state index in [0.29, 0.717) is 40.9 Å². The van der Waals surface area contributed by atoms with E-state index in [1.165, 1.54) is 0 Å². The van der Waals surface area contributed by atoms with Gasteiger partial charge < -0.3 is 15.0 Å². The van der Waals surface area contributed by atoms with Crippen LogP contribution < -0.4 is 15.9 Å². The third kappa shape index (κ3) is 4.42. The number of nitrogens with one attached hydrogen (secondary N) is 1. The molecule has 5 rings (SSSR count). The lowest BCUT2D eigenvalue weighted by atomic mass is 10.1. The number of carbonyl (C=O) groups is 2. The first-order valence-corrected chi connectivity index (χ1v) is 11.8. The Balaban J connectivity index is 1.43. The lowest BCUT2D eigenvalue weighted by Gasteiger charge is -2.27. The number of methoxy groups -OCH3 is 1. The number of pyridine rings is 1. The van der Waals surface area contributed by atoms with Crippen molar-refractivity contribution in [2.24, 2.45) is 15.8 Å². The average molecular weight is 497 g/mol. The quantitative estimate of drug-likeness (QED) is 0.374. The molecule has 3 aliphatic rings. The third-order valence-corrected chi connectivity index (χ3v) is 6.50. The van der Waals surface area contributed by atoms with E-state index in [9.17, 15) is 9.59 Å². The van der Waals surface area contributed by atoms with Gasteiger partial charge in [-0.2, -0.15) is 10.8 Å². The Hall–Kier alpha value is -4.59. The number of quaternary nitrogens is 1. The van der Waals surface area contributed by atoms with Gasteiger partial charge in [0.15, 0.2) is 0 Å². The van der Waals surface area contributed by atoms with Crippen molar-refractivity contribution < 1.29 is 18.9 Å². The third-order valence-electron chi connectivity index (χ3n) is 6.50. The van der Waals surface area contributed by atoms with Crippen molar-refractivity contribution >= 4 is 29.7 Å². The van der Waals surface area contributed by atoms with Crippen LogP contribution in [0.5, 0.6) is 5.75 Å². The van der Waals surface area contributed by atoms with E-state index in [1.54, 1.807) is 80.1 Å². The normalized spacial score (nSPS) is 21.8. The fraction of sp³-hybridized carbons (Fsp3) is 0.222. The van der Waals surface area contributed by atoms with Gasteiger partial charge in [0.25, 0.3) is 17.6 Å². The number of amides is 2. The number of amidine groups is 1. The van der Waals surface area contributed by atoms with Gasteiger partial charge in [-0.1, -0.05) is 5.92 Å². The lowest BCUT2D eigenvalue weighted by Crippen LogP contribution is -2.53. The molecule has 37 heavy (non-hydrogen) atoms. The van der Waals surface area contributed by atoms with Crippen LogP contribution in [0, 0.1) is 11.8 Å². The van der Waals surface area contributed by atoms with Crippen molar-refractivity contribution in [3.8, 4) is 17.6 Å². The first-order chi connectivity index (χ1) is 17.9. The maximum Gasteiger partial charge on any atom is 0.299 e. The number of hydrogen-bond acceptors (Lipinski definition) is 7. The first kappa shape index (κ1) is 24.1. The molecule has 0 spiro atoms. The molecular weight excluding hydrogens is 470 g/mol. The number of allylic oxidation sites excluding steroid dienone is 1. The number of nitrogens with zero attached hydrogens (tertiary/aromatic N) is 5. The van der Waals surface area contributed by atoms with Crippen LogP contribution in [0.2, 0.25) is 0 Å². The first-order valence-electron chi connectivity index (χ1n) is 11.8. The summed E-state index contributed by atoms with van der Waals surface area (Å²) in [7, 11) is 1.55. The Labute approximate surface area is 214 Å². The van der Waals surface area contributed by atoms with E-state index < -0.39 is 0 Å². The number of likely N-dealkylation sites (tertiary alicyclic amines) is 1. The molecule has 0 bridgehead atoms. The molecule has 0 radical (unpaired) electrons. The van der Waals surface area contributed by atoms with Crippen molar-refractivity contribution in [1.29, 1.82) is 0 Å². The molecular formula is C27H26N7O3+. The summed E-state index contributed by atoms with van der Waals surface area (Å²) < 4.78 is 5.01. The molecule has 2 unspecified atom stereocenters. The molecule has 2 atom stereocenters. The molecule has 2 amide bonds. The molecule has 186 valence electrons. The average Bonchev–Trinajstić information content (AvgIpc) is 3.51. The number of aliphatic imine (C=N–C) groups is 2. The van der Waals surface area contributed by atoms with Gasteiger partial charge in [-0.05, 0) is 56.0 Å². The summed E-state index contributed by atoms with van der Waals surface area (Å²) in [5.74, 6) is 13.2. The highest BCUT2D eigenvalue weighted by Crippen LogP contribution is 2.37. The number of benzene rings is 1. The second-order valence-corrected chi connectivity index (χ2v) is 8.70. The zero-order valence-electron chi connectivity index (χ0n) is 20.5. The number of carbonyl (C=O) groups excluding carboxylic acids is 2. The number of rotatable bonds is 5. The highest BCUT2D eigenvalue weighted by molar-refractivity contribution is 6.05. The summed E-state index contributed by atoms with van der Waals surface area (Å²) in [6.07, 6.45) is 8.26. The Kier molecular flexibility index (Phi) is 6.40. The molecule has 1 aromatic carbocycles. The maximum absolute atomic E-state index is 12.8. The van der Waals surface area contributed by atoms with E-state index >= 15 is 0 Å². The Morgan fingerprint density at radius 3 is 2.81 bits per heavy atom. The molecule has 10 nitrogen and oxygen atoms in total. The summed E-state index contributed by atoms with van der Waals surface area (Å²) in [5.41, 5.74) is 2.61. The molecule has 3 aliphatic heterocycles. The maximum atomic E-state index is 12.8. The van der Waals surface area contributed by atoms with Gasteiger partial charge in [-0.25, -0.2) is 4.98 Å². The van der Waals surface area contributed by atoms with Crippen molar-refractivity contribution in [2.75, 3.05) is 19.0 Å². The number of hydrogen-bond donors (Lipinski definition) is 2. The van der Waals surface area contributed by atoms with Gasteiger partial charge in [0, 0.05) is 24.4 Å². The Morgan fingerprint density at radius 1 is 1.24 bits per heavy atom. The van der Waals surface area contributed by atoms with Crippen LogP contribution in [-0.2, 0) is 4.79 Å². The second-order valence-electron chi connectivity index (χ2n) is 8.70. The Bertz CT molecular complexity index is 1450. The highest BCUT2D eigenvalue weighted by Gasteiger charge is 2.48. The summed E-state index contributed by atoms with van der Waals surface area (Å²) >= 11 is 0. The van der Waals surface area contributed by atoms with Gasteiger partial charge in [0.1, 0.15) is 23.5 Å². The zero-order valence-corrected chi connectivity index (χ0v) is 20.5. The van der Waals surface area contributed by atoms with Gasteiger partial charge in [-0.3, -0.25) is 14.6 Å². The molecule has 0 aliphatic carbocycles. The Morgan fingerprint density at radius 2 is 2.05 bits per heavy atom. The largest absolute Gasteiger partial charge is 0.497 e. The van der Waals surface area contributed by atoms with Crippen LogP contribution >= 0.6 is 0 Å². The number of fused-ring (bicyclic) bond motifs is 1. The summed E-state index contributed by atoms with van der Waals surface area (Å²) in [5, 5.41) is 2.77. The van der Waals surface area contributed by atoms with Gasteiger partial charge >= 0.3 is 0 Å². The highest BCUT2D eigenvalue weighted by atomic mass is 16.5. The lowest BCUT2D eigenvalue weighted by molar-refractivity contribution is -0.750. The molecule has 0 saturated carbocycles. The predicted octanol–water partition coefficient (Wildman–Crippen LogP) is 2.57. The smallest absolute Gasteiger partial charge is 0.299 e. The SMILES string of the molecule is CC#CC(=O)N1CCCC1C1=C2C=NC=C[N+]2(N)C(c2ccc(C(=O)Nc3cc(OC)ccn3)cc2)=N1. The standard InChI is InChI=1S/C27H25N7O3/c1-3-5-24(35)33-14-4-6-21(33)25-22-17-29-13-15-34(22,28)26(32-25)18-7-9-19(10-8-18)27(36)31-23-16-20(37-2)11-12-30-23/h7-13,15-17,21H,4,6,14,28H2,1-2H3/p+1. The molecule has 1 aromatic heterocycles. The van der Waals surface area contributed by atoms with Gasteiger partial charge in [-0.15, -0.1) is 4.59 Å². The summed E-state index contributed by atoms with van der Waals surface area (Å²) in [4.78, 5) is 40.5. The monoisotopic (exact) mass is 496 g/mol. The number of aromatic nitrogens is 1. The topological polar surface area (TPSA) is 122 Å². The molecule has 1 saturated heterocycles. The minimum atomic E-state index is -0.307. The van der Waals surface area contributed by atoms with Crippen molar-refractivity contribution in [1.82, 2.24) is 9.88 Å². The fourth-order valence-electron chi connectivity index (χ4n) is 4.69.